The summed E-state index contributed by atoms with van der Waals surface area (Å²) in [7, 11) is 3.38. The van der Waals surface area contributed by atoms with Crippen LogP contribution >= 0.6 is 24.0 Å². The minimum absolute atomic E-state index is 0. The van der Waals surface area contributed by atoms with E-state index in [0.29, 0.717) is 43.1 Å². The Morgan fingerprint density at radius 1 is 1.21 bits per heavy atom. The summed E-state index contributed by atoms with van der Waals surface area (Å²) in [5.41, 5.74) is 2.19. The number of amides is 1. The molecule has 0 atom stereocenters. The number of carbonyl (C=O) groups excluding carboxylic acids is 1. The molecule has 3 rings (SSSR count). The molecule has 0 unspecified atom stereocenters. The maximum absolute atomic E-state index is 14.0. The highest BCUT2D eigenvalue weighted by atomic mass is 127. The van der Waals surface area contributed by atoms with Gasteiger partial charge in [-0.05, 0) is 29.2 Å². The summed E-state index contributed by atoms with van der Waals surface area (Å²) < 4.78 is 27.7. The van der Waals surface area contributed by atoms with E-state index in [9.17, 15) is 13.6 Å². The van der Waals surface area contributed by atoms with E-state index in [1.165, 1.54) is 11.0 Å². The van der Waals surface area contributed by atoms with Gasteiger partial charge in [-0.3, -0.25) is 4.79 Å². The number of rotatable bonds is 4. The zero-order valence-corrected chi connectivity index (χ0v) is 18.8. The van der Waals surface area contributed by atoms with Crippen molar-refractivity contribution in [3.05, 3.63) is 70.8 Å². The molecule has 0 bridgehead atoms. The molecule has 2 aromatic rings. The SMILES string of the molecule is CN(C)C(=O)CNC(=NCc1ccccc1)N1CCc2c(F)cc(F)cc2C1.I. The zero-order valence-electron chi connectivity index (χ0n) is 16.5. The molecule has 0 radical (unpaired) electrons. The third-order valence-corrected chi connectivity index (χ3v) is 4.70. The fraction of sp³-hybridized carbons (Fsp3) is 0.333. The van der Waals surface area contributed by atoms with Gasteiger partial charge in [-0.1, -0.05) is 30.3 Å². The van der Waals surface area contributed by atoms with Crippen LogP contribution in [0.3, 0.4) is 0 Å². The first-order valence-electron chi connectivity index (χ1n) is 9.18. The Kier molecular flexibility index (Phi) is 8.36. The summed E-state index contributed by atoms with van der Waals surface area (Å²) in [6, 6.07) is 12.1. The minimum Gasteiger partial charge on any atom is -0.347 e. The molecule has 0 aromatic heterocycles. The first-order valence-corrected chi connectivity index (χ1v) is 9.18. The Morgan fingerprint density at radius 2 is 1.93 bits per heavy atom. The van der Waals surface area contributed by atoms with Gasteiger partial charge in [0.25, 0.3) is 0 Å². The second kappa shape index (κ2) is 10.5. The Morgan fingerprint density at radius 3 is 2.62 bits per heavy atom. The number of fused-ring (bicyclic) bond motifs is 1. The monoisotopic (exact) mass is 514 g/mol. The van der Waals surface area contributed by atoms with Gasteiger partial charge >= 0.3 is 0 Å². The number of nitrogens with zero attached hydrogens (tertiary/aromatic N) is 3. The van der Waals surface area contributed by atoms with E-state index in [-0.39, 0.29) is 36.4 Å². The lowest BCUT2D eigenvalue weighted by Gasteiger charge is -2.32. The molecule has 1 aliphatic rings. The van der Waals surface area contributed by atoms with Crippen molar-refractivity contribution in [2.45, 2.75) is 19.5 Å². The molecule has 2 aromatic carbocycles. The predicted octanol–water partition coefficient (Wildman–Crippen LogP) is 3.17. The minimum atomic E-state index is -0.586. The van der Waals surface area contributed by atoms with Gasteiger partial charge in [0.15, 0.2) is 5.96 Å². The van der Waals surface area contributed by atoms with Crippen LogP contribution in [0.25, 0.3) is 0 Å². The van der Waals surface area contributed by atoms with E-state index in [2.05, 4.69) is 10.3 Å². The largest absolute Gasteiger partial charge is 0.347 e. The Hall–Kier alpha value is -2.23. The number of nitrogens with one attached hydrogen (secondary N) is 1. The number of likely N-dealkylation sites (N-methyl/N-ethyl adjacent to an activating group) is 1. The first kappa shape index (κ1) is 23.1. The molecule has 5 nitrogen and oxygen atoms in total. The number of hydrogen-bond acceptors (Lipinski definition) is 2. The second-order valence-electron chi connectivity index (χ2n) is 6.96. The van der Waals surface area contributed by atoms with Crippen molar-refractivity contribution in [1.82, 2.24) is 15.1 Å². The van der Waals surface area contributed by atoms with Gasteiger partial charge in [-0.2, -0.15) is 0 Å². The van der Waals surface area contributed by atoms with Crippen molar-refractivity contribution in [2.24, 2.45) is 4.99 Å². The average Bonchev–Trinajstić information content (AvgIpc) is 2.68. The molecule has 0 spiro atoms. The predicted molar refractivity (Wildman–Crippen MR) is 120 cm³/mol. The average molecular weight is 514 g/mol. The van der Waals surface area contributed by atoms with Gasteiger partial charge < -0.3 is 15.1 Å². The lowest BCUT2D eigenvalue weighted by molar-refractivity contribution is -0.127. The van der Waals surface area contributed by atoms with Crippen molar-refractivity contribution in [1.29, 1.82) is 0 Å². The molecular weight excluding hydrogens is 489 g/mol. The molecule has 1 N–H and O–H groups in total. The fourth-order valence-electron chi connectivity index (χ4n) is 3.12. The third-order valence-electron chi connectivity index (χ3n) is 4.70. The van der Waals surface area contributed by atoms with Gasteiger partial charge in [0, 0.05) is 33.3 Å². The van der Waals surface area contributed by atoms with Crippen molar-refractivity contribution in [2.75, 3.05) is 27.2 Å². The number of halogens is 3. The third kappa shape index (κ3) is 6.12. The maximum atomic E-state index is 14.0. The van der Waals surface area contributed by atoms with Crippen molar-refractivity contribution >= 4 is 35.8 Å². The first-order chi connectivity index (χ1) is 13.4. The lowest BCUT2D eigenvalue weighted by atomic mass is 9.99. The molecule has 0 saturated carbocycles. The highest BCUT2D eigenvalue weighted by molar-refractivity contribution is 14.0. The van der Waals surface area contributed by atoms with Crippen LogP contribution in [0.5, 0.6) is 0 Å². The molecule has 1 amide bonds. The second-order valence-corrected chi connectivity index (χ2v) is 6.96. The molecule has 156 valence electrons. The van der Waals surface area contributed by atoms with Crippen LogP contribution in [0.2, 0.25) is 0 Å². The highest BCUT2D eigenvalue weighted by Crippen LogP contribution is 2.23. The number of carbonyl (C=O) groups is 1. The van der Waals surface area contributed by atoms with Gasteiger partial charge in [0.05, 0.1) is 13.1 Å². The van der Waals surface area contributed by atoms with Crippen LogP contribution in [0.15, 0.2) is 47.5 Å². The Balaban J connectivity index is 0.00000300. The van der Waals surface area contributed by atoms with Crippen LogP contribution in [-0.2, 0) is 24.3 Å². The van der Waals surface area contributed by atoms with Crippen LogP contribution < -0.4 is 5.32 Å². The van der Waals surface area contributed by atoms with Gasteiger partial charge in [0.1, 0.15) is 11.6 Å². The standard InChI is InChI=1S/C21H24F2N4O.HI/c1-26(2)20(28)13-25-21(24-12-15-6-4-3-5-7-15)27-9-8-18-16(14-27)10-17(22)11-19(18)23;/h3-7,10-11H,8-9,12-14H2,1-2H3,(H,24,25);1H. The summed E-state index contributed by atoms with van der Waals surface area (Å²) >= 11 is 0. The van der Waals surface area contributed by atoms with Gasteiger partial charge in [-0.15, -0.1) is 24.0 Å². The van der Waals surface area contributed by atoms with Gasteiger partial charge in [-0.25, -0.2) is 13.8 Å². The van der Waals surface area contributed by atoms with Gasteiger partial charge in [0.2, 0.25) is 5.91 Å². The molecule has 8 heteroatoms. The van der Waals surface area contributed by atoms with E-state index in [0.717, 1.165) is 11.6 Å². The number of aliphatic imine (C=N–C) groups is 1. The molecule has 29 heavy (non-hydrogen) atoms. The van der Waals surface area contributed by atoms with E-state index >= 15 is 0 Å². The summed E-state index contributed by atoms with van der Waals surface area (Å²) in [6.45, 7) is 1.41. The highest BCUT2D eigenvalue weighted by Gasteiger charge is 2.23. The Labute approximate surface area is 186 Å². The van der Waals surface area contributed by atoms with Crippen molar-refractivity contribution in [3.63, 3.8) is 0 Å². The van der Waals surface area contributed by atoms with Crippen molar-refractivity contribution < 1.29 is 13.6 Å². The molecular formula is C21H25F2IN4O. The van der Waals surface area contributed by atoms with Crippen molar-refractivity contribution in [3.8, 4) is 0 Å². The van der Waals surface area contributed by atoms with Crippen LogP contribution in [0.4, 0.5) is 8.78 Å². The zero-order chi connectivity index (χ0) is 20.1. The molecule has 1 heterocycles. The van der Waals surface area contributed by atoms with Crippen LogP contribution in [0, 0.1) is 11.6 Å². The lowest BCUT2D eigenvalue weighted by Crippen LogP contribution is -2.47. The van der Waals surface area contributed by atoms with E-state index in [1.807, 2.05) is 35.2 Å². The molecule has 0 fully saturated rings. The smallest absolute Gasteiger partial charge is 0.241 e. The van der Waals surface area contributed by atoms with Crippen LogP contribution in [0.1, 0.15) is 16.7 Å². The summed E-state index contributed by atoms with van der Waals surface area (Å²) in [4.78, 5) is 20.0. The summed E-state index contributed by atoms with van der Waals surface area (Å²) in [6.07, 6.45) is 0.453. The number of benzene rings is 2. The van der Waals surface area contributed by atoms with Crippen LogP contribution in [-0.4, -0.2) is 48.9 Å². The number of guanidine groups is 1. The summed E-state index contributed by atoms with van der Waals surface area (Å²) in [5.74, 6) is -0.624. The topological polar surface area (TPSA) is 47.9 Å². The van der Waals surface area contributed by atoms with E-state index in [4.69, 9.17) is 0 Å². The normalized spacial score (nSPS) is 13.4. The van der Waals surface area contributed by atoms with E-state index in [1.54, 1.807) is 14.1 Å². The molecule has 0 aliphatic carbocycles. The summed E-state index contributed by atoms with van der Waals surface area (Å²) in [5, 5.41) is 3.10. The molecule has 1 aliphatic heterocycles. The molecule has 0 saturated heterocycles. The maximum Gasteiger partial charge on any atom is 0.241 e. The Bertz CT molecular complexity index is 874. The fourth-order valence-corrected chi connectivity index (χ4v) is 3.12. The quantitative estimate of drug-likeness (QED) is 0.388. The van der Waals surface area contributed by atoms with E-state index < -0.39 is 11.6 Å². The number of hydrogen-bond donors (Lipinski definition) is 1.